The largest absolute Gasteiger partial charge is 0.496 e. The summed E-state index contributed by atoms with van der Waals surface area (Å²) in [5.41, 5.74) is 2.15. The summed E-state index contributed by atoms with van der Waals surface area (Å²) in [6, 6.07) is 11.6. The zero-order chi connectivity index (χ0) is 13.8. The van der Waals surface area contributed by atoms with Crippen LogP contribution in [0.5, 0.6) is 5.75 Å². The predicted octanol–water partition coefficient (Wildman–Crippen LogP) is 4.22. The normalized spacial score (nSPS) is 10.0. The highest BCUT2D eigenvalue weighted by Gasteiger charge is 2.09. The molecule has 2 rings (SSSR count). The van der Waals surface area contributed by atoms with E-state index in [1.165, 1.54) is 25.3 Å². The van der Waals surface area contributed by atoms with Crippen LogP contribution in [0.1, 0.15) is 5.56 Å². The van der Waals surface area contributed by atoms with Gasteiger partial charge in [0.25, 0.3) is 0 Å². The summed E-state index contributed by atoms with van der Waals surface area (Å²) in [6.45, 7) is 0. The van der Waals surface area contributed by atoms with Crippen LogP contribution in [0, 0.1) is 17.1 Å². The molecule has 4 heteroatoms. The van der Waals surface area contributed by atoms with Crippen molar-refractivity contribution in [3.05, 3.63) is 52.8 Å². The molecule has 0 spiro atoms. The molecule has 0 saturated heterocycles. The number of nitrogens with zero attached hydrogens (tertiary/aromatic N) is 1. The lowest BCUT2D eigenvalue weighted by molar-refractivity contribution is 0.411. The Hall–Kier alpha value is -2.05. The van der Waals surface area contributed by atoms with Gasteiger partial charge in [-0.2, -0.15) is 5.26 Å². The van der Waals surface area contributed by atoms with E-state index in [2.05, 4.69) is 6.07 Å². The highest BCUT2D eigenvalue weighted by molar-refractivity contribution is 6.33. The zero-order valence-corrected chi connectivity index (χ0v) is 11.0. The van der Waals surface area contributed by atoms with Crippen LogP contribution in [-0.4, -0.2) is 7.11 Å². The van der Waals surface area contributed by atoms with Gasteiger partial charge in [0.05, 0.1) is 19.6 Å². The second-order valence-electron chi connectivity index (χ2n) is 3.99. The molecule has 0 saturated carbocycles. The highest BCUT2D eigenvalue weighted by atomic mass is 35.5. The molecular weight excluding hydrogens is 265 g/mol. The fourth-order valence-electron chi connectivity index (χ4n) is 1.86. The van der Waals surface area contributed by atoms with Gasteiger partial charge in [-0.15, -0.1) is 0 Å². The van der Waals surface area contributed by atoms with E-state index in [0.29, 0.717) is 16.3 Å². The summed E-state index contributed by atoms with van der Waals surface area (Å²) in [7, 11) is 1.53. The van der Waals surface area contributed by atoms with E-state index in [-0.39, 0.29) is 12.2 Å². The number of hydrogen-bond donors (Lipinski definition) is 0. The van der Waals surface area contributed by atoms with Gasteiger partial charge in [0.1, 0.15) is 11.6 Å². The summed E-state index contributed by atoms with van der Waals surface area (Å²) in [5.74, 6) is 0.249. The Morgan fingerprint density at radius 1 is 1.26 bits per heavy atom. The van der Waals surface area contributed by atoms with Gasteiger partial charge >= 0.3 is 0 Å². The van der Waals surface area contributed by atoms with Crippen molar-refractivity contribution in [1.29, 1.82) is 5.26 Å². The monoisotopic (exact) mass is 275 g/mol. The minimum absolute atomic E-state index is 0.264. The molecule has 96 valence electrons. The lowest BCUT2D eigenvalue weighted by atomic mass is 10.0. The Kier molecular flexibility index (Phi) is 4.03. The van der Waals surface area contributed by atoms with Crippen LogP contribution in [0.25, 0.3) is 11.1 Å². The van der Waals surface area contributed by atoms with Gasteiger partial charge in [-0.1, -0.05) is 23.7 Å². The molecule has 2 aromatic carbocycles. The van der Waals surface area contributed by atoms with Crippen molar-refractivity contribution in [2.24, 2.45) is 0 Å². The topological polar surface area (TPSA) is 33.0 Å². The molecule has 0 fully saturated rings. The van der Waals surface area contributed by atoms with Crippen molar-refractivity contribution >= 4 is 11.6 Å². The van der Waals surface area contributed by atoms with Crippen LogP contribution in [0.4, 0.5) is 4.39 Å². The van der Waals surface area contributed by atoms with Crippen LogP contribution in [0.3, 0.4) is 0 Å². The average molecular weight is 276 g/mol. The molecule has 0 amide bonds. The first kappa shape index (κ1) is 13.4. The van der Waals surface area contributed by atoms with E-state index < -0.39 is 0 Å². The SMILES string of the molecule is COc1cc(-c2cc(F)ccc2Cl)ccc1CC#N. The van der Waals surface area contributed by atoms with Gasteiger partial charge < -0.3 is 4.74 Å². The molecule has 0 N–H and O–H groups in total. The molecule has 0 aliphatic rings. The van der Waals surface area contributed by atoms with Crippen molar-refractivity contribution in [3.63, 3.8) is 0 Å². The highest BCUT2D eigenvalue weighted by Crippen LogP contribution is 2.32. The fourth-order valence-corrected chi connectivity index (χ4v) is 2.09. The molecular formula is C15H11ClFNO. The predicted molar refractivity (Wildman–Crippen MR) is 72.7 cm³/mol. The Balaban J connectivity index is 2.52. The molecule has 19 heavy (non-hydrogen) atoms. The van der Waals surface area contributed by atoms with E-state index in [1.807, 2.05) is 0 Å². The minimum Gasteiger partial charge on any atom is -0.496 e. The number of halogens is 2. The van der Waals surface area contributed by atoms with Gasteiger partial charge in [-0.25, -0.2) is 4.39 Å². The van der Waals surface area contributed by atoms with Gasteiger partial charge in [-0.3, -0.25) is 0 Å². The van der Waals surface area contributed by atoms with E-state index >= 15 is 0 Å². The van der Waals surface area contributed by atoms with E-state index in [4.69, 9.17) is 21.6 Å². The molecule has 0 heterocycles. The number of methoxy groups -OCH3 is 1. The van der Waals surface area contributed by atoms with E-state index in [1.54, 1.807) is 18.2 Å². The van der Waals surface area contributed by atoms with E-state index in [0.717, 1.165) is 11.1 Å². The Morgan fingerprint density at radius 3 is 2.74 bits per heavy atom. The molecule has 0 aliphatic carbocycles. The lowest BCUT2D eigenvalue weighted by Crippen LogP contribution is -1.92. The number of ether oxygens (including phenoxy) is 1. The van der Waals surface area contributed by atoms with Crippen molar-refractivity contribution in [1.82, 2.24) is 0 Å². The van der Waals surface area contributed by atoms with Crippen LogP contribution in [0.15, 0.2) is 36.4 Å². The third-order valence-corrected chi connectivity index (χ3v) is 3.13. The van der Waals surface area contributed by atoms with Crippen LogP contribution in [0.2, 0.25) is 5.02 Å². The zero-order valence-electron chi connectivity index (χ0n) is 10.3. The second kappa shape index (κ2) is 5.73. The third kappa shape index (κ3) is 2.86. The summed E-state index contributed by atoms with van der Waals surface area (Å²) < 4.78 is 18.5. The minimum atomic E-state index is -0.348. The quantitative estimate of drug-likeness (QED) is 0.840. The summed E-state index contributed by atoms with van der Waals surface area (Å²) >= 11 is 6.07. The summed E-state index contributed by atoms with van der Waals surface area (Å²) in [4.78, 5) is 0. The Morgan fingerprint density at radius 2 is 2.05 bits per heavy atom. The van der Waals surface area contributed by atoms with Gasteiger partial charge in [0.2, 0.25) is 0 Å². The summed E-state index contributed by atoms with van der Waals surface area (Å²) in [6.07, 6.45) is 0.264. The van der Waals surface area contributed by atoms with Gasteiger partial charge in [-0.05, 0) is 29.8 Å². The smallest absolute Gasteiger partial charge is 0.123 e. The third-order valence-electron chi connectivity index (χ3n) is 2.80. The first-order valence-corrected chi connectivity index (χ1v) is 6.03. The first-order chi connectivity index (χ1) is 9.15. The summed E-state index contributed by atoms with van der Waals surface area (Å²) in [5, 5.41) is 9.20. The standard InChI is InChI=1S/C15H11ClFNO/c1-19-15-8-11(3-2-10(15)6-7-18)13-9-12(17)4-5-14(13)16/h2-5,8-9H,6H2,1H3. The van der Waals surface area contributed by atoms with Crippen LogP contribution >= 0.6 is 11.6 Å². The van der Waals surface area contributed by atoms with Crippen molar-refractivity contribution in [2.45, 2.75) is 6.42 Å². The maximum absolute atomic E-state index is 13.3. The molecule has 0 unspecified atom stereocenters. The van der Waals surface area contributed by atoms with Gasteiger partial charge in [0.15, 0.2) is 0 Å². The fraction of sp³-hybridized carbons (Fsp3) is 0.133. The van der Waals surface area contributed by atoms with Crippen molar-refractivity contribution in [2.75, 3.05) is 7.11 Å². The molecule has 0 aliphatic heterocycles. The van der Waals surface area contributed by atoms with Gasteiger partial charge in [0, 0.05) is 16.1 Å². The van der Waals surface area contributed by atoms with Crippen LogP contribution < -0.4 is 4.74 Å². The Bertz CT molecular complexity index is 649. The maximum Gasteiger partial charge on any atom is 0.123 e. The number of rotatable bonds is 3. The molecule has 2 aromatic rings. The molecule has 0 aromatic heterocycles. The van der Waals surface area contributed by atoms with Crippen molar-refractivity contribution < 1.29 is 9.13 Å². The van der Waals surface area contributed by atoms with Crippen molar-refractivity contribution in [3.8, 4) is 22.9 Å². The lowest BCUT2D eigenvalue weighted by Gasteiger charge is -2.10. The van der Waals surface area contributed by atoms with E-state index in [9.17, 15) is 4.39 Å². The molecule has 0 bridgehead atoms. The Labute approximate surface area is 116 Å². The van der Waals surface area contributed by atoms with Crippen LogP contribution in [-0.2, 0) is 6.42 Å². The number of hydrogen-bond acceptors (Lipinski definition) is 2. The first-order valence-electron chi connectivity index (χ1n) is 5.65. The maximum atomic E-state index is 13.3. The number of nitriles is 1. The molecule has 0 atom stereocenters. The molecule has 2 nitrogen and oxygen atoms in total. The molecule has 0 radical (unpaired) electrons. The second-order valence-corrected chi connectivity index (χ2v) is 4.39. The number of benzene rings is 2. The average Bonchev–Trinajstić information content (AvgIpc) is 2.42.